The third-order valence-electron chi connectivity index (χ3n) is 11.3. The Hall–Kier alpha value is -7.54. The van der Waals surface area contributed by atoms with Gasteiger partial charge in [0.1, 0.15) is 28.4 Å². The minimum absolute atomic E-state index is 0.0592. The van der Waals surface area contributed by atoms with Crippen molar-refractivity contribution >= 4 is 69.6 Å². The van der Waals surface area contributed by atoms with Gasteiger partial charge in [-0.1, -0.05) is 157 Å². The van der Waals surface area contributed by atoms with Crippen LogP contribution in [-0.2, 0) is 40.8 Å². The van der Waals surface area contributed by atoms with E-state index in [9.17, 15) is 19.2 Å². The fourth-order valence-corrected chi connectivity index (χ4v) is 11.3. The van der Waals surface area contributed by atoms with Crippen LogP contribution in [0.5, 0.6) is 0 Å². The number of ether oxygens (including phenoxy) is 2. The summed E-state index contributed by atoms with van der Waals surface area (Å²) >= 11 is 3.88. The quantitative estimate of drug-likeness (QED) is 0.0291. The van der Waals surface area contributed by atoms with Crippen LogP contribution in [0.3, 0.4) is 0 Å². The second kappa shape index (κ2) is 21.6. The first-order valence-corrected chi connectivity index (χ1v) is 25.5. The molecule has 5 aromatic carbocycles. The molecule has 0 spiro atoms. The normalized spacial score (nSPS) is 15.9. The summed E-state index contributed by atoms with van der Waals surface area (Å²) in [7, 11) is 0. The van der Waals surface area contributed by atoms with Crippen molar-refractivity contribution in [1.82, 2.24) is 30.2 Å². The van der Waals surface area contributed by atoms with E-state index in [1.54, 1.807) is 43.3 Å². The number of esters is 1. The van der Waals surface area contributed by atoms with E-state index in [4.69, 9.17) is 14.3 Å². The molecule has 2 N–H and O–H groups in total. The maximum Gasteiger partial charge on any atom is 0.413 e. The number of carbonyl (C=O) groups excluding carboxylic acids is 4. The Bertz CT molecular complexity index is 2890. The fraction of sp³-hybridized carbons (Fsp3) is 0.208. The highest BCUT2D eigenvalue weighted by Gasteiger charge is 2.55. The van der Waals surface area contributed by atoms with E-state index in [0.717, 1.165) is 39.2 Å². The molecular formula is C53H48N8O7S3. The molecule has 360 valence electrons. The number of β-lactam (4-membered cyclic amide) rings is 1. The lowest BCUT2D eigenvalue weighted by molar-refractivity contribution is -0.154. The summed E-state index contributed by atoms with van der Waals surface area (Å²) in [5.74, 6) is -1.15. The van der Waals surface area contributed by atoms with Crippen molar-refractivity contribution in [2.45, 2.75) is 56.0 Å². The first-order chi connectivity index (χ1) is 34.5. The number of nitrogens with zero attached hydrogens (tertiary/aromatic N) is 6. The Morgan fingerprint density at radius 1 is 0.789 bits per heavy atom. The molecule has 9 rings (SSSR count). The third-order valence-corrected chi connectivity index (χ3v) is 14.6. The van der Waals surface area contributed by atoms with Gasteiger partial charge in [-0.25, -0.2) is 14.6 Å². The molecule has 0 bridgehead atoms. The molecule has 7 aromatic rings. The highest BCUT2D eigenvalue weighted by atomic mass is 32.2. The lowest BCUT2D eigenvalue weighted by atomic mass is 9.80. The predicted octanol–water partition coefficient (Wildman–Crippen LogP) is 9.17. The smallest absolute Gasteiger partial charge is 0.413 e. The van der Waals surface area contributed by atoms with Crippen LogP contribution in [0, 0.1) is 0 Å². The number of thioether (sulfide) groups is 2. The third kappa shape index (κ3) is 10.9. The van der Waals surface area contributed by atoms with E-state index >= 15 is 0 Å². The zero-order valence-electron chi connectivity index (χ0n) is 38.8. The van der Waals surface area contributed by atoms with Crippen molar-refractivity contribution in [2.75, 3.05) is 16.8 Å². The van der Waals surface area contributed by atoms with Crippen LogP contribution >= 0.6 is 34.9 Å². The number of amides is 3. The highest BCUT2D eigenvalue weighted by Crippen LogP contribution is 2.45. The number of oxime groups is 1. The van der Waals surface area contributed by atoms with Crippen molar-refractivity contribution < 1.29 is 33.5 Å². The zero-order valence-corrected chi connectivity index (χ0v) is 41.2. The van der Waals surface area contributed by atoms with Crippen molar-refractivity contribution in [3.63, 3.8) is 0 Å². The van der Waals surface area contributed by atoms with Gasteiger partial charge >= 0.3 is 12.1 Å². The van der Waals surface area contributed by atoms with E-state index < -0.39 is 52.6 Å². The lowest BCUT2D eigenvalue weighted by Gasteiger charge is -2.49. The summed E-state index contributed by atoms with van der Waals surface area (Å²) in [4.78, 5) is 72.1. The molecule has 2 aromatic heterocycles. The van der Waals surface area contributed by atoms with E-state index in [1.807, 2.05) is 152 Å². The standard InChI is InChI=1S/C53H48N8O7S3/c1-52(2,3)67-51(65)58-50-56-40(33-71-50)42(59-68-53(37-23-13-6-14-24-37,38-25-15-7-16-26-38)39-27-17-8-18-28-39)46(62)57-43-47(63)61-44(41(34-70-48(43)61)69-32-31-60-54-29-30-55-60)49(64)66-45(35-19-9-4-10-20-35)36-21-11-5-12-22-36/h4-30,33,43,45,48H,31-32,34H2,1-3H3,(H,57,62)(H,56,58,65)/b59-42-/t43-,48-/m1/s1. The van der Waals surface area contributed by atoms with Crippen molar-refractivity contribution in [3.8, 4) is 0 Å². The SMILES string of the molecule is CC(C)(C)OC(=O)Nc1nc(/C(=N/OC(c2ccccc2)(c2ccccc2)c2ccccc2)C(=O)N[C@@H]2C(=O)N3C(C(=O)OC(c4ccccc4)c4ccccc4)=C(SCCn4nccn4)CS[C@H]23)cs1. The van der Waals surface area contributed by atoms with Crippen LogP contribution in [0.2, 0.25) is 0 Å². The molecule has 3 amide bonds. The van der Waals surface area contributed by atoms with Gasteiger partial charge in [0.05, 0.1) is 18.9 Å². The van der Waals surface area contributed by atoms with Crippen LogP contribution < -0.4 is 10.6 Å². The summed E-state index contributed by atoms with van der Waals surface area (Å²) in [6, 6.07) is 46.3. The Balaban J connectivity index is 1.05. The van der Waals surface area contributed by atoms with E-state index in [0.29, 0.717) is 23.0 Å². The molecule has 71 heavy (non-hydrogen) atoms. The van der Waals surface area contributed by atoms with Gasteiger partial charge in [0, 0.05) is 38.5 Å². The maximum absolute atomic E-state index is 14.9. The number of rotatable bonds is 17. The number of anilines is 1. The zero-order chi connectivity index (χ0) is 49.4. The Morgan fingerprint density at radius 3 is 1.86 bits per heavy atom. The maximum atomic E-state index is 14.9. The molecule has 2 aliphatic rings. The van der Waals surface area contributed by atoms with Crippen molar-refractivity contribution in [3.05, 3.63) is 214 Å². The Morgan fingerprint density at radius 2 is 1.32 bits per heavy atom. The van der Waals surface area contributed by atoms with Gasteiger partial charge < -0.3 is 19.6 Å². The van der Waals surface area contributed by atoms with Crippen molar-refractivity contribution in [1.29, 1.82) is 0 Å². The molecule has 0 aliphatic carbocycles. The molecule has 2 aliphatic heterocycles. The topological polar surface area (TPSA) is 179 Å². The number of benzene rings is 5. The number of aromatic nitrogens is 4. The molecule has 4 heterocycles. The van der Waals surface area contributed by atoms with Gasteiger partial charge in [-0.3, -0.25) is 19.8 Å². The molecular weight excluding hydrogens is 957 g/mol. The molecule has 0 radical (unpaired) electrons. The summed E-state index contributed by atoms with van der Waals surface area (Å²) in [5.41, 5.74) is 1.39. The highest BCUT2D eigenvalue weighted by molar-refractivity contribution is 8.06. The summed E-state index contributed by atoms with van der Waals surface area (Å²) in [6.45, 7) is 5.68. The Labute approximate surface area is 422 Å². The van der Waals surface area contributed by atoms with Crippen molar-refractivity contribution in [2.24, 2.45) is 5.16 Å². The van der Waals surface area contributed by atoms with Crippen LogP contribution in [-0.4, -0.2) is 83.0 Å². The average molecular weight is 1010 g/mol. The summed E-state index contributed by atoms with van der Waals surface area (Å²) in [5, 5.41) is 19.6. The molecule has 0 unspecified atom stereocenters. The minimum Gasteiger partial charge on any atom is -0.448 e. The van der Waals surface area contributed by atoms with Gasteiger partial charge in [-0.15, -0.1) is 34.9 Å². The van der Waals surface area contributed by atoms with Crippen LogP contribution in [0.1, 0.15) is 60.4 Å². The largest absolute Gasteiger partial charge is 0.448 e. The molecule has 18 heteroatoms. The van der Waals surface area contributed by atoms with Crippen LogP contribution in [0.15, 0.2) is 185 Å². The lowest BCUT2D eigenvalue weighted by Crippen LogP contribution is -2.71. The van der Waals surface area contributed by atoms with Crippen LogP contribution in [0.25, 0.3) is 0 Å². The predicted molar refractivity (Wildman–Crippen MR) is 274 cm³/mol. The first kappa shape index (κ1) is 48.5. The summed E-state index contributed by atoms with van der Waals surface area (Å²) in [6.07, 6.45) is 1.67. The van der Waals surface area contributed by atoms with Gasteiger partial charge in [0.25, 0.3) is 11.8 Å². The van der Waals surface area contributed by atoms with Gasteiger partial charge in [-0.2, -0.15) is 15.0 Å². The second-order valence-electron chi connectivity index (χ2n) is 17.2. The van der Waals surface area contributed by atoms with E-state index in [-0.39, 0.29) is 22.2 Å². The number of hydrogen-bond donors (Lipinski definition) is 2. The molecule has 0 saturated carbocycles. The monoisotopic (exact) mass is 1000 g/mol. The van der Waals surface area contributed by atoms with Gasteiger partial charge in [-0.05, 0) is 31.9 Å². The van der Waals surface area contributed by atoms with Crippen LogP contribution in [0.4, 0.5) is 9.93 Å². The number of aryl methyl sites for hydroxylation is 1. The van der Waals surface area contributed by atoms with Gasteiger partial charge in [0.2, 0.25) is 5.60 Å². The second-order valence-corrected chi connectivity index (χ2v) is 20.3. The number of nitrogens with one attached hydrogen (secondary N) is 2. The molecule has 2 atom stereocenters. The van der Waals surface area contributed by atoms with E-state index in [2.05, 4.69) is 31.0 Å². The molecule has 1 saturated heterocycles. The minimum atomic E-state index is -1.38. The number of fused-ring (bicyclic) bond motifs is 1. The number of thiazole rings is 1. The fourth-order valence-electron chi connectivity index (χ4n) is 8.08. The molecule has 1 fully saturated rings. The Kier molecular flexibility index (Phi) is 14.8. The average Bonchev–Trinajstić information content (AvgIpc) is 4.09. The summed E-state index contributed by atoms with van der Waals surface area (Å²) < 4.78 is 11.8. The first-order valence-electron chi connectivity index (χ1n) is 22.6. The number of carbonyl (C=O) groups is 4. The van der Waals surface area contributed by atoms with Gasteiger partial charge in [0.15, 0.2) is 16.9 Å². The number of hydrogen-bond acceptors (Lipinski definition) is 14. The molecule has 15 nitrogen and oxygen atoms in total. The van der Waals surface area contributed by atoms with E-state index in [1.165, 1.54) is 28.4 Å².